The molecule has 0 aliphatic carbocycles. The fourth-order valence-electron chi connectivity index (χ4n) is 2.44. The molecule has 0 radical (unpaired) electrons. The molecule has 0 saturated carbocycles. The molecule has 0 amide bonds. The van der Waals surface area contributed by atoms with E-state index in [2.05, 4.69) is 25.5 Å². The molecule has 2 N–H and O–H groups in total. The molecule has 4 aromatic rings. The Morgan fingerprint density at radius 3 is 2.84 bits per heavy atom. The number of thiophene rings is 1. The Morgan fingerprint density at radius 2 is 2.04 bits per heavy atom. The lowest BCUT2D eigenvalue weighted by molar-refractivity contribution is 0.0601. The molecule has 25 heavy (non-hydrogen) atoms. The number of fused-ring (bicyclic) bond motifs is 1. The lowest BCUT2D eigenvalue weighted by atomic mass is 10.1. The largest absolute Gasteiger partial charge is 0.465 e. The van der Waals surface area contributed by atoms with Gasteiger partial charge in [-0.3, -0.25) is 5.10 Å². The number of hydrogen-bond acceptors (Lipinski definition) is 7. The molecule has 0 unspecified atom stereocenters. The summed E-state index contributed by atoms with van der Waals surface area (Å²) >= 11 is 1.57. The second-order valence-corrected chi connectivity index (χ2v) is 6.13. The summed E-state index contributed by atoms with van der Waals surface area (Å²) < 4.78 is 5.68. The third-order valence-corrected chi connectivity index (χ3v) is 4.59. The molecule has 1 aromatic carbocycles. The van der Waals surface area contributed by atoms with E-state index in [-0.39, 0.29) is 5.97 Å². The maximum atomic E-state index is 11.5. The van der Waals surface area contributed by atoms with Gasteiger partial charge in [0.15, 0.2) is 11.6 Å². The van der Waals surface area contributed by atoms with E-state index in [9.17, 15) is 4.79 Å². The zero-order valence-corrected chi connectivity index (χ0v) is 14.0. The molecular formula is C17H13N5O2S. The smallest absolute Gasteiger partial charge is 0.337 e. The Morgan fingerprint density at radius 1 is 1.20 bits per heavy atom. The predicted molar refractivity (Wildman–Crippen MR) is 96.1 cm³/mol. The maximum Gasteiger partial charge on any atom is 0.337 e. The highest BCUT2D eigenvalue weighted by Crippen LogP contribution is 2.28. The van der Waals surface area contributed by atoms with Crippen molar-refractivity contribution in [1.82, 2.24) is 20.2 Å². The minimum atomic E-state index is -0.359. The number of nitrogens with one attached hydrogen (secondary N) is 2. The van der Waals surface area contributed by atoms with Crippen molar-refractivity contribution in [1.29, 1.82) is 0 Å². The first-order chi connectivity index (χ1) is 12.2. The average Bonchev–Trinajstić information content (AvgIpc) is 3.31. The van der Waals surface area contributed by atoms with E-state index < -0.39 is 0 Å². The van der Waals surface area contributed by atoms with Crippen LogP contribution in [0.1, 0.15) is 10.4 Å². The van der Waals surface area contributed by atoms with Gasteiger partial charge in [0, 0.05) is 6.07 Å². The van der Waals surface area contributed by atoms with Crippen LogP contribution in [-0.2, 0) is 4.74 Å². The van der Waals surface area contributed by atoms with Crippen molar-refractivity contribution in [3.8, 4) is 11.3 Å². The number of carbonyl (C=O) groups is 1. The minimum absolute atomic E-state index is 0.359. The molecule has 0 spiro atoms. The van der Waals surface area contributed by atoms with Crippen molar-refractivity contribution < 1.29 is 9.53 Å². The predicted octanol–water partition coefficient (Wildman–Crippen LogP) is 3.61. The van der Waals surface area contributed by atoms with Gasteiger partial charge in [-0.05, 0) is 29.1 Å². The Hall–Kier alpha value is -3.26. The van der Waals surface area contributed by atoms with E-state index in [4.69, 9.17) is 4.74 Å². The summed E-state index contributed by atoms with van der Waals surface area (Å²) in [6, 6.07) is 10.9. The fourth-order valence-corrected chi connectivity index (χ4v) is 3.23. The first-order valence-corrected chi connectivity index (χ1v) is 8.32. The first-order valence-electron chi connectivity index (χ1n) is 7.44. The molecule has 124 valence electrons. The zero-order chi connectivity index (χ0) is 17.2. The summed E-state index contributed by atoms with van der Waals surface area (Å²) in [4.78, 5) is 20.0. The molecule has 0 aliphatic rings. The van der Waals surface area contributed by atoms with Crippen LogP contribution in [0.2, 0.25) is 0 Å². The van der Waals surface area contributed by atoms with Gasteiger partial charge >= 0.3 is 5.97 Å². The lowest BCUT2D eigenvalue weighted by Crippen LogP contribution is -2.00. The van der Waals surface area contributed by atoms with E-state index >= 15 is 0 Å². The number of nitrogens with zero attached hydrogens (tertiary/aromatic N) is 3. The van der Waals surface area contributed by atoms with Gasteiger partial charge in [-0.15, -0.1) is 11.3 Å². The normalized spacial score (nSPS) is 10.8. The van der Waals surface area contributed by atoms with Crippen LogP contribution in [-0.4, -0.2) is 33.2 Å². The molecule has 3 heterocycles. The molecule has 0 bridgehead atoms. The van der Waals surface area contributed by atoms with E-state index in [0.717, 1.165) is 27.3 Å². The molecule has 3 aromatic heterocycles. The van der Waals surface area contributed by atoms with Gasteiger partial charge in [-0.1, -0.05) is 12.1 Å². The minimum Gasteiger partial charge on any atom is -0.465 e. The molecule has 4 rings (SSSR count). The Labute approximate surface area is 146 Å². The van der Waals surface area contributed by atoms with Gasteiger partial charge in [-0.2, -0.15) is 5.10 Å². The standard InChI is InChI=1S/C17H13N5O2S/c1-24-17(23)11-4-2-10(3-5-11)13-8-14(22-21-13)20-16-15-12(6-7-25-15)18-9-19-16/h2-9H,1H3,(H2,18,19,20,21,22). The van der Waals surface area contributed by atoms with Gasteiger partial charge in [0.05, 0.1) is 28.6 Å². The summed E-state index contributed by atoms with van der Waals surface area (Å²) in [5, 5.41) is 12.4. The van der Waals surface area contributed by atoms with Gasteiger partial charge in [-0.25, -0.2) is 14.8 Å². The maximum absolute atomic E-state index is 11.5. The number of aromatic amines is 1. The van der Waals surface area contributed by atoms with Crippen LogP contribution in [0.5, 0.6) is 0 Å². The highest BCUT2D eigenvalue weighted by atomic mass is 32.1. The fraction of sp³-hybridized carbons (Fsp3) is 0.0588. The van der Waals surface area contributed by atoms with E-state index in [0.29, 0.717) is 11.4 Å². The molecular weight excluding hydrogens is 338 g/mol. The van der Waals surface area contributed by atoms with Crippen molar-refractivity contribution in [2.24, 2.45) is 0 Å². The number of rotatable bonds is 4. The van der Waals surface area contributed by atoms with Crippen molar-refractivity contribution in [3.05, 3.63) is 53.7 Å². The van der Waals surface area contributed by atoms with Crippen molar-refractivity contribution in [3.63, 3.8) is 0 Å². The number of methoxy groups -OCH3 is 1. The third kappa shape index (κ3) is 2.94. The van der Waals surface area contributed by atoms with Crippen LogP contribution in [0, 0.1) is 0 Å². The number of anilines is 2. The van der Waals surface area contributed by atoms with E-state index in [1.54, 1.807) is 23.5 Å². The van der Waals surface area contributed by atoms with Crippen LogP contribution >= 0.6 is 11.3 Å². The zero-order valence-electron chi connectivity index (χ0n) is 13.2. The van der Waals surface area contributed by atoms with Gasteiger partial charge in [0.25, 0.3) is 0 Å². The summed E-state index contributed by atoms with van der Waals surface area (Å²) in [5.74, 6) is 1.02. The lowest BCUT2D eigenvalue weighted by Gasteiger charge is -2.02. The number of esters is 1. The Bertz CT molecular complexity index is 1040. The van der Waals surface area contributed by atoms with Crippen LogP contribution < -0.4 is 5.32 Å². The van der Waals surface area contributed by atoms with E-state index in [1.165, 1.54) is 13.4 Å². The SMILES string of the molecule is COC(=O)c1ccc(-c2cc(Nc3ncnc4ccsc34)n[nH]2)cc1. The van der Waals surface area contributed by atoms with Crippen molar-refractivity contribution in [2.75, 3.05) is 12.4 Å². The summed E-state index contributed by atoms with van der Waals surface area (Å²) in [6.45, 7) is 0. The highest BCUT2D eigenvalue weighted by Gasteiger charge is 2.10. The molecule has 0 atom stereocenters. The third-order valence-electron chi connectivity index (χ3n) is 3.68. The van der Waals surface area contributed by atoms with E-state index in [1.807, 2.05) is 29.6 Å². The topological polar surface area (TPSA) is 92.8 Å². The first kappa shape index (κ1) is 15.3. The average molecular weight is 351 g/mol. The molecule has 0 saturated heterocycles. The summed E-state index contributed by atoms with van der Waals surface area (Å²) in [6.07, 6.45) is 1.52. The van der Waals surface area contributed by atoms with Crippen LogP contribution in [0.25, 0.3) is 21.5 Å². The number of ether oxygens (including phenoxy) is 1. The number of aromatic nitrogens is 4. The molecule has 8 heteroatoms. The highest BCUT2D eigenvalue weighted by molar-refractivity contribution is 7.17. The number of hydrogen-bond donors (Lipinski definition) is 2. The number of carbonyl (C=O) groups excluding carboxylic acids is 1. The monoisotopic (exact) mass is 351 g/mol. The second kappa shape index (κ2) is 6.33. The molecule has 0 aliphatic heterocycles. The second-order valence-electron chi connectivity index (χ2n) is 5.22. The Balaban J connectivity index is 1.58. The summed E-state index contributed by atoms with van der Waals surface area (Å²) in [7, 11) is 1.36. The summed E-state index contributed by atoms with van der Waals surface area (Å²) in [5.41, 5.74) is 3.15. The van der Waals surface area contributed by atoms with Crippen molar-refractivity contribution >= 4 is 39.2 Å². The molecule has 0 fully saturated rings. The van der Waals surface area contributed by atoms with Gasteiger partial charge in [0.2, 0.25) is 0 Å². The Kier molecular flexibility index (Phi) is 3.87. The number of H-pyrrole nitrogens is 1. The van der Waals surface area contributed by atoms with Crippen LogP contribution in [0.3, 0.4) is 0 Å². The van der Waals surface area contributed by atoms with Gasteiger partial charge in [0.1, 0.15) is 6.33 Å². The van der Waals surface area contributed by atoms with Crippen LogP contribution in [0.15, 0.2) is 48.1 Å². The van der Waals surface area contributed by atoms with Crippen molar-refractivity contribution in [2.45, 2.75) is 0 Å². The quantitative estimate of drug-likeness (QED) is 0.546. The van der Waals surface area contributed by atoms with Gasteiger partial charge < -0.3 is 10.1 Å². The molecule has 7 nitrogen and oxygen atoms in total. The number of benzene rings is 1. The van der Waals surface area contributed by atoms with Crippen LogP contribution in [0.4, 0.5) is 11.6 Å².